The van der Waals surface area contributed by atoms with Crippen LogP contribution in [0.1, 0.15) is 39.0 Å². The Labute approximate surface area is 58.4 Å². The van der Waals surface area contributed by atoms with Crippen molar-refractivity contribution in [3.63, 3.8) is 0 Å². The lowest BCUT2D eigenvalue weighted by Crippen LogP contribution is -1.85. The van der Waals surface area contributed by atoms with Crippen LogP contribution in [-0.4, -0.2) is 6.61 Å². The number of hydrogen-bond donors (Lipinski definition) is 0. The van der Waals surface area contributed by atoms with Crippen LogP contribution in [0.25, 0.3) is 0 Å². The Morgan fingerprint density at radius 3 is 2.33 bits per heavy atom. The number of hydrogen-bond acceptors (Lipinski definition) is 1. The molecule has 0 aliphatic heterocycles. The zero-order chi connectivity index (χ0) is 6.95. The summed E-state index contributed by atoms with van der Waals surface area (Å²) < 4.78 is 4.67. The first-order chi connectivity index (χ1) is 4.41. The van der Waals surface area contributed by atoms with Gasteiger partial charge < -0.3 is 0 Å². The fourth-order valence-corrected chi connectivity index (χ4v) is 0.808. The van der Waals surface area contributed by atoms with E-state index >= 15 is 0 Å². The second-order valence-electron chi connectivity index (χ2n) is 2.32. The lowest BCUT2D eigenvalue weighted by molar-refractivity contribution is 0.233. The molecule has 9 heavy (non-hydrogen) atoms. The third kappa shape index (κ3) is 7.83. The minimum absolute atomic E-state index is 0.823. The summed E-state index contributed by atoms with van der Waals surface area (Å²) in [6.07, 6.45) is 6.48. The van der Waals surface area contributed by atoms with E-state index in [2.05, 4.69) is 18.8 Å². The van der Waals surface area contributed by atoms with Crippen LogP contribution in [0, 0.1) is 7.11 Å². The molecule has 0 aromatic heterocycles. The molecule has 0 radical (unpaired) electrons. The smallest absolute Gasteiger partial charge is 0.199 e. The Balaban J connectivity index is 2.60. The first kappa shape index (κ1) is 8.83. The summed E-state index contributed by atoms with van der Waals surface area (Å²) in [6.45, 7) is 3.04. The Morgan fingerprint density at radius 2 is 1.78 bits per heavy atom. The van der Waals surface area contributed by atoms with Crippen LogP contribution in [0.15, 0.2) is 0 Å². The molecule has 0 aliphatic rings. The van der Waals surface area contributed by atoms with Crippen LogP contribution in [0.4, 0.5) is 0 Å². The molecule has 0 aromatic rings. The summed E-state index contributed by atoms with van der Waals surface area (Å²) >= 11 is 0. The Morgan fingerprint density at radius 1 is 1.11 bits per heavy atom. The van der Waals surface area contributed by atoms with E-state index in [9.17, 15) is 0 Å². The maximum absolute atomic E-state index is 4.67. The fourth-order valence-electron chi connectivity index (χ4n) is 0.808. The highest BCUT2D eigenvalue weighted by Gasteiger charge is 1.88. The van der Waals surface area contributed by atoms with Crippen molar-refractivity contribution < 1.29 is 4.74 Å². The predicted molar refractivity (Wildman–Crippen MR) is 40.1 cm³/mol. The Hall–Kier alpha value is -0.170. The molecule has 1 heteroatoms. The number of ether oxygens (including phenoxy) is 1. The summed E-state index contributed by atoms with van der Waals surface area (Å²) in [5, 5.41) is 0. The largest absolute Gasteiger partial charge is 0.213 e. The van der Waals surface area contributed by atoms with Crippen molar-refractivity contribution in [3.8, 4) is 0 Å². The SMILES string of the molecule is [CH2+]OCCCCCCC. The Kier molecular flexibility index (Phi) is 7.68. The van der Waals surface area contributed by atoms with E-state index in [1.807, 2.05) is 0 Å². The molecule has 0 saturated heterocycles. The molecule has 0 heterocycles. The third-order valence-corrected chi connectivity index (χ3v) is 1.39. The lowest BCUT2D eigenvalue weighted by Gasteiger charge is -1.94. The molecular weight excluding hydrogens is 112 g/mol. The zero-order valence-corrected chi connectivity index (χ0v) is 6.36. The first-order valence-electron chi connectivity index (χ1n) is 3.78. The van der Waals surface area contributed by atoms with Crippen LogP contribution < -0.4 is 0 Å². The molecule has 0 amide bonds. The summed E-state index contributed by atoms with van der Waals surface area (Å²) in [5.41, 5.74) is 0. The van der Waals surface area contributed by atoms with E-state index in [0.717, 1.165) is 6.61 Å². The van der Waals surface area contributed by atoms with Gasteiger partial charge in [0.2, 0.25) is 7.11 Å². The van der Waals surface area contributed by atoms with Crippen LogP contribution >= 0.6 is 0 Å². The van der Waals surface area contributed by atoms with E-state index in [0.29, 0.717) is 0 Å². The minimum atomic E-state index is 0.823. The summed E-state index contributed by atoms with van der Waals surface area (Å²) in [7, 11) is 3.30. The van der Waals surface area contributed by atoms with Crippen LogP contribution in [0.2, 0.25) is 0 Å². The summed E-state index contributed by atoms with van der Waals surface area (Å²) in [6, 6.07) is 0. The van der Waals surface area contributed by atoms with E-state index in [1.54, 1.807) is 0 Å². The lowest BCUT2D eigenvalue weighted by atomic mass is 10.2. The second-order valence-corrected chi connectivity index (χ2v) is 2.32. The molecule has 0 fully saturated rings. The maximum Gasteiger partial charge on any atom is 0.213 e. The molecule has 0 aromatic carbocycles. The second kappa shape index (κ2) is 7.83. The van der Waals surface area contributed by atoms with Crippen molar-refractivity contribution in [3.05, 3.63) is 7.11 Å². The van der Waals surface area contributed by atoms with E-state index < -0.39 is 0 Å². The maximum atomic E-state index is 4.67. The third-order valence-electron chi connectivity index (χ3n) is 1.39. The van der Waals surface area contributed by atoms with Gasteiger partial charge in [-0.1, -0.05) is 32.6 Å². The molecule has 0 spiro atoms. The Bertz CT molecular complexity index is 37.8. The van der Waals surface area contributed by atoms with Crippen LogP contribution in [-0.2, 0) is 4.74 Å². The van der Waals surface area contributed by atoms with Gasteiger partial charge in [-0.15, -0.1) is 0 Å². The van der Waals surface area contributed by atoms with Gasteiger partial charge in [0.25, 0.3) is 0 Å². The highest BCUT2D eigenvalue weighted by molar-refractivity contribution is 4.40. The molecule has 1 nitrogen and oxygen atoms in total. The monoisotopic (exact) mass is 129 g/mol. The van der Waals surface area contributed by atoms with Gasteiger partial charge in [-0.05, 0) is 6.42 Å². The molecule has 54 valence electrons. The number of unbranched alkanes of at least 4 members (excludes halogenated alkanes) is 4. The van der Waals surface area contributed by atoms with Gasteiger partial charge in [0.15, 0.2) is 0 Å². The molecular formula is C8H17O+. The van der Waals surface area contributed by atoms with Gasteiger partial charge >= 0.3 is 0 Å². The molecule has 0 N–H and O–H groups in total. The average Bonchev–Trinajstić information content (AvgIpc) is 1.89. The van der Waals surface area contributed by atoms with Crippen molar-refractivity contribution in [1.82, 2.24) is 0 Å². The predicted octanol–water partition coefficient (Wildman–Crippen LogP) is 2.76. The normalized spacial score (nSPS) is 9.89. The molecule has 0 atom stereocenters. The average molecular weight is 129 g/mol. The molecule has 0 saturated carbocycles. The van der Waals surface area contributed by atoms with Crippen LogP contribution in [0.5, 0.6) is 0 Å². The van der Waals surface area contributed by atoms with Crippen molar-refractivity contribution in [2.24, 2.45) is 0 Å². The highest BCUT2D eigenvalue weighted by Crippen LogP contribution is 2.01. The molecule has 0 bridgehead atoms. The van der Waals surface area contributed by atoms with Gasteiger partial charge in [0.1, 0.15) is 0 Å². The van der Waals surface area contributed by atoms with E-state index in [-0.39, 0.29) is 0 Å². The minimum Gasteiger partial charge on any atom is -0.199 e. The summed E-state index contributed by atoms with van der Waals surface area (Å²) in [4.78, 5) is 0. The highest BCUT2D eigenvalue weighted by atomic mass is 16.5. The van der Waals surface area contributed by atoms with Crippen LogP contribution in [0.3, 0.4) is 0 Å². The number of rotatable bonds is 6. The van der Waals surface area contributed by atoms with E-state index in [4.69, 9.17) is 0 Å². The molecule has 0 rings (SSSR count). The quantitative estimate of drug-likeness (QED) is 0.396. The van der Waals surface area contributed by atoms with Gasteiger partial charge in [-0.2, -0.15) is 4.74 Å². The van der Waals surface area contributed by atoms with Gasteiger partial charge in [0, 0.05) is 0 Å². The van der Waals surface area contributed by atoms with Gasteiger partial charge in [-0.3, -0.25) is 0 Å². The fraction of sp³-hybridized carbons (Fsp3) is 0.875. The van der Waals surface area contributed by atoms with Gasteiger partial charge in [-0.25, -0.2) is 0 Å². The van der Waals surface area contributed by atoms with Crippen molar-refractivity contribution >= 4 is 0 Å². The molecule has 0 unspecified atom stereocenters. The van der Waals surface area contributed by atoms with Crippen molar-refractivity contribution in [2.45, 2.75) is 39.0 Å². The zero-order valence-electron chi connectivity index (χ0n) is 6.36. The topological polar surface area (TPSA) is 9.23 Å². The van der Waals surface area contributed by atoms with E-state index in [1.165, 1.54) is 32.1 Å². The van der Waals surface area contributed by atoms with Crippen molar-refractivity contribution in [2.75, 3.05) is 6.61 Å². The standard InChI is InChI=1S/C8H17O/c1-3-4-5-6-7-8-9-2/h2-8H2,1H3/q+1. The first-order valence-corrected chi connectivity index (χ1v) is 3.78. The van der Waals surface area contributed by atoms with Gasteiger partial charge in [0.05, 0.1) is 6.61 Å². The summed E-state index contributed by atoms with van der Waals surface area (Å²) in [5.74, 6) is 0. The molecule has 0 aliphatic carbocycles. The van der Waals surface area contributed by atoms with Crippen molar-refractivity contribution in [1.29, 1.82) is 0 Å².